The maximum atomic E-state index is 12.5. The van der Waals surface area contributed by atoms with Crippen LogP contribution < -0.4 is 19.7 Å². The molecule has 1 saturated heterocycles. The fourth-order valence-electron chi connectivity index (χ4n) is 4.28. The molecule has 1 N–H and O–H groups in total. The average Bonchev–Trinajstić information content (AvgIpc) is 2.88. The first-order valence-electron chi connectivity index (χ1n) is 13.3. The Morgan fingerprint density at radius 1 is 0.765 bits per heavy atom. The van der Waals surface area contributed by atoms with Crippen LogP contribution in [-0.2, 0) is 0 Å². The van der Waals surface area contributed by atoms with Crippen LogP contribution in [0.15, 0.2) is 48.5 Å². The lowest BCUT2D eigenvalue weighted by molar-refractivity contribution is 0.0734. The summed E-state index contributed by atoms with van der Waals surface area (Å²) in [6.07, 6.45) is 13.1. The van der Waals surface area contributed by atoms with E-state index in [0.717, 1.165) is 50.6 Å². The van der Waals surface area contributed by atoms with Gasteiger partial charge in [-0.1, -0.05) is 64.7 Å². The molecule has 0 aromatic heterocycles. The lowest BCUT2D eigenvalue weighted by Gasteiger charge is -2.29. The number of hydrogen-bond acceptors (Lipinski definition) is 5. The molecule has 0 atom stereocenters. The molecule has 2 aromatic carbocycles. The molecule has 34 heavy (non-hydrogen) atoms. The number of unbranched alkanes of at least 4 members (excludes halogenated alkanes) is 9. The molecule has 5 heteroatoms. The highest BCUT2D eigenvalue weighted by Gasteiger charge is 2.12. The maximum Gasteiger partial charge on any atom is 0.343 e. The summed E-state index contributed by atoms with van der Waals surface area (Å²) in [5.41, 5.74) is 1.68. The van der Waals surface area contributed by atoms with Gasteiger partial charge in [0.2, 0.25) is 0 Å². The van der Waals surface area contributed by atoms with Crippen LogP contribution in [0.25, 0.3) is 0 Å². The first kappa shape index (κ1) is 26.1. The SMILES string of the molecule is CCCCCCCCCCCCOc1ccc(C(=O)Oc2ccc(N3CCNCC3)cc2)cc1. The summed E-state index contributed by atoms with van der Waals surface area (Å²) < 4.78 is 11.4. The number of anilines is 1. The molecule has 0 spiro atoms. The number of carbonyl (C=O) groups is 1. The van der Waals surface area contributed by atoms with Crippen LogP contribution >= 0.6 is 0 Å². The Labute approximate surface area is 205 Å². The quantitative estimate of drug-likeness (QED) is 0.182. The molecule has 5 nitrogen and oxygen atoms in total. The van der Waals surface area contributed by atoms with Gasteiger partial charge in [-0.25, -0.2) is 4.79 Å². The number of esters is 1. The van der Waals surface area contributed by atoms with Crippen molar-refractivity contribution in [3.63, 3.8) is 0 Å². The first-order valence-corrected chi connectivity index (χ1v) is 13.3. The second-order valence-corrected chi connectivity index (χ2v) is 9.18. The van der Waals surface area contributed by atoms with Crippen molar-refractivity contribution in [2.24, 2.45) is 0 Å². The Morgan fingerprint density at radius 2 is 1.32 bits per heavy atom. The van der Waals surface area contributed by atoms with Gasteiger partial charge in [-0.15, -0.1) is 0 Å². The Morgan fingerprint density at radius 3 is 1.94 bits per heavy atom. The van der Waals surface area contributed by atoms with E-state index in [2.05, 4.69) is 17.1 Å². The lowest BCUT2D eigenvalue weighted by Crippen LogP contribution is -2.43. The molecule has 2 aromatic rings. The Bertz CT molecular complexity index is 814. The van der Waals surface area contributed by atoms with E-state index in [1.807, 2.05) is 36.4 Å². The highest BCUT2D eigenvalue weighted by molar-refractivity contribution is 5.91. The van der Waals surface area contributed by atoms with E-state index in [4.69, 9.17) is 9.47 Å². The molecule has 1 heterocycles. The molecule has 186 valence electrons. The van der Waals surface area contributed by atoms with Crippen molar-refractivity contribution in [1.29, 1.82) is 0 Å². The average molecular weight is 467 g/mol. The van der Waals surface area contributed by atoms with Crippen LogP contribution in [0.5, 0.6) is 11.5 Å². The fraction of sp³-hybridized carbons (Fsp3) is 0.552. The molecule has 0 aliphatic carbocycles. The zero-order chi connectivity index (χ0) is 23.8. The first-order chi connectivity index (χ1) is 16.8. The third-order valence-corrected chi connectivity index (χ3v) is 6.39. The van der Waals surface area contributed by atoms with Crippen molar-refractivity contribution >= 4 is 11.7 Å². The molecule has 0 amide bonds. The molecule has 0 bridgehead atoms. The normalized spacial score (nSPS) is 13.6. The summed E-state index contributed by atoms with van der Waals surface area (Å²) in [5, 5.41) is 3.35. The van der Waals surface area contributed by atoms with Gasteiger partial charge in [0.25, 0.3) is 0 Å². The molecule has 0 saturated carbocycles. The minimum Gasteiger partial charge on any atom is -0.494 e. The summed E-state index contributed by atoms with van der Waals surface area (Å²) >= 11 is 0. The number of nitrogens with zero attached hydrogens (tertiary/aromatic N) is 1. The summed E-state index contributed by atoms with van der Waals surface area (Å²) in [4.78, 5) is 14.8. The zero-order valence-electron chi connectivity index (χ0n) is 20.9. The summed E-state index contributed by atoms with van der Waals surface area (Å²) in [6, 6.07) is 15.0. The van der Waals surface area contributed by atoms with Gasteiger partial charge >= 0.3 is 5.97 Å². The number of hydrogen-bond donors (Lipinski definition) is 1. The molecule has 3 rings (SSSR count). The van der Waals surface area contributed by atoms with Crippen LogP contribution in [0, 0.1) is 0 Å². The predicted octanol–water partition coefficient (Wildman–Crippen LogP) is 6.62. The summed E-state index contributed by atoms with van der Waals surface area (Å²) in [5.74, 6) is 1.01. The lowest BCUT2D eigenvalue weighted by atomic mass is 10.1. The number of piperazine rings is 1. The van der Waals surface area contributed by atoms with Crippen molar-refractivity contribution in [2.45, 2.75) is 71.1 Å². The Hall–Kier alpha value is -2.53. The predicted molar refractivity (Wildman–Crippen MR) is 140 cm³/mol. The van der Waals surface area contributed by atoms with Gasteiger partial charge in [0.05, 0.1) is 12.2 Å². The van der Waals surface area contributed by atoms with E-state index in [-0.39, 0.29) is 5.97 Å². The molecule has 1 fully saturated rings. The molecular formula is C29H42N2O3. The minimum atomic E-state index is -0.351. The Balaban J connectivity index is 1.30. The van der Waals surface area contributed by atoms with Crippen LogP contribution in [0.3, 0.4) is 0 Å². The number of nitrogens with one attached hydrogen (secondary N) is 1. The smallest absolute Gasteiger partial charge is 0.343 e. The molecule has 1 aliphatic rings. The van der Waals surface area contributed by atoms with E-state index in [1.54, 1.807) is 12.1 Å². The standard InChI is InChI=1S/C29H42N2O3/c1-2-3-4-5-6-7-8-9-10-11-24-33-27-16-12-25(13-17-27)29(32)34-28-18-14-26(15-19-28)31-22-20-30-21-23-31/h12-19,30H,2-11,20-24H2,1H3. The van der Waals surface area contributed by atoms with Crippen LogP contribution in [0.4, 0.5) is 5.69 Å². The van der Waals surface area contributed by atoms with Crippen LogP contribution in [0.1, 0.15) is 81.5 Å². The van der Waals surface area contributed by atoms with Gasteiger partial charge in [-0.3, -0.25) is 0 Å². The van der Waals surface area contributed by atoms with E-state index in [9.17, 15) is 4.79 Å². The highest BCUT2D eigenvalue weighted by Crippen LogP contribution is 2.21. The number of benzene rings is 2. The van der Waals surface area contributed by atoms with Crippen molar-refractivity contribution < 1.29 is 14.3 Å². The van der Waals surface area contributed by atoms with Gasteiger partial charge in [-0.05, 0) is 55.0 Å². The van der Waals surface area contributed by atoms with Gasteiger partial charge in [-0.2, -0.15) is 0 Å². The molecular weight excluding hydrogens is 424 g/mol. The third kappa shape index (κ3) is 9.38. The highest BCUT2D eigenvalue weighted by atomic mass is 16.5. The van der Waals surface area contributed by atoms with E-state index in [0.29, 0.717) is 11.3 Å². The summed E-state index contributed by atoms with van der Waals surface area (Å²) in [6.45, 7) is 6.96. The van der Waals surface area contributed by atoms with E-state index < -0.39 is 0 Å². The molecule has 0 radical (unpaired) electrons. The minimum absolute atomic E-state index is 0.351. The van der Waals surface area contributed by atoms with E-state index >= 15 is 0 Å². The third-order valence-electron chi connectivity index (χ3n) is 6.39. The van der Waals surface area contributed by atoms with Gasteiger partial charge in [0.15, 0.2) is 0 Å². The van der Waals surface area contributed by atoms with Crippen LogP contribution in [0.2, 0.25) is 0 Å². The topological polar surface area (TPSA) is 50.8 Å². The molecule has 1 aliphatic heterocycles. The molecule has 0 unspecified atom stereocenters. The van der Waals surface area contributed by atoms with Crippen molar-refractivity contribution in [2.75, 3.05) is 37.7 Å². The Kier molecular flexibility index (Phi) is 11.8. The summed E-state index contributed by atoms with van der Waals surface area (Å²) in [7, 11) is 0. The van der Waals surface area contributed by atoms with Gasteiger partial charge < -0.3 is 19.7 Å². The zero-order valence-corrected chi connectivity index (χ0v) is 20.9. The van der Waals surface area contributed by atoms with Crippen molar-refractivity contribution in [3.05, 3.63) is 54.1 Å². The van der Waals surface area contributed by atoms with E-state index in [1.165, 1.54) is 57.8 Å². The monoisotopic (exact) mass is 466 g/mol. The largest absolute Gasteiger partial charge is 0.494 e. The van der Waals surface area contributed by atoms with Gasteiger partial charge in [0.1, 0.15) is 11.5 Å². The maximum absolute atomic E-state index is 12.5. The number of ether oxygens (including phenoxy) is 2. The number of rotatable bonds is 15. The van der Waals surface area contributed by atoms with Crippen molar-refractivity contribution in [3.8, 4) is 11.5 Å². The second-order valence-electron chi connectivity index (χ2n) is 9.18. The fourth-order valence-corrected chi connectivity index (χ4v) is 4.28. The number of carbonyl (C=O) groups excluding carboxylic acids is 1. The second kappa shape index (κ2) is 15.4. The van der Waals surface area contributed by atoms with Crippen molar-refractivity contribution in [1.82, 2.24) is 5.32 Å². The van der Waals surface area contributed by atoms with Gasteiger partial charge in [0, 0.05) is 31.9 Å². The van der Waals surface area contributed by atoms with Crippen LogP contribution in [-0.4, -0.2) is 38.8 Å².